The average molecular weight is 389 g/mol. The monoisotopic (exact) mass is 389 g/mol. The molecule has 0 fully saturated rings. The van der Waals surface area contributed by atoms with E-state index in [0.29, 0.717) is 6.07 Å². The van der Waals surface area contributed by atoms with Crippen LogP contribution >= 0.6 is 0 Å². The number of carbonyl (C=O) groups excluding carboxylic acids is 1. The number of anilines is 1. The van der Waals surface area contributed by atoms with Crippen molar-refractivity contribution < 1.29 is 32.6 Å². The summed E-state index contributed by atoms with van der Waals surface area (Å²) >= 11 is 0. The van der Waals surface area contributed by atoms with Crippen LogP contribution in [-0.4, -0.2) is 51.5 Å². The molecule has 1 amide bonds. The molecule has 5 N–H and O–H groups in total. The summed E-state index contributed by atoms with van der Waals surface area (Å²) in [6, 6.07) is 5.15. The first-order chi connectivity index (χ1) is 12.7. The Morgan fingerprint density at radius 1 is 1.30 bits per heavy atom. The van der Waals surface area contributed by atoms with E-state index in [1.807, 2.05) is 0 Å². The third kappa shape index (κ3) is 6.04. The van der Waals surface area contributed by atoms with E-state index in [1.54, 1.807) is 5.10 Å². The number of halogens is 4. The number of aromatic amines is 1. The zero-order valence-electron chi connectivity index (χ0n) is 13.6. The zero-order valence-corrected chi connectivity index (χ0v) is 13.6. The van der Waals surface area contributed by atoms with E-state index in [0.717, 1.165) is 12.1 Å². The fourth-order valence-electron chi connectivity index (χ4n) is 1.80. The number of aliphatic hydroxyl groups excluding tert-OH is 2. The number of benzene rings is 1. The number of nitrogens with one attached hydrogen (secondary N) is 3. The van der Waals surface area contributed by atoms with Crippen LogP contribution in [0.1, 0.15) is 16.1 Å². The lowest BCUT2D eigenvalue weighted by Gasteiger charge is -2.11. The van der Waals surface area contributed by atoms with Crippen LogP contribution in [0.4, 0.5) is 23.4 Å². The molecule has 146 valence electrons. The minimum Gasteiger partial charge on any atom is -0.394 e. The molecule has 1 heterocycles. The summed E-state index contributed by atoms with van der Waals surface area (Å²) in [6.45, 7) is -0.956. The highest BCUT2D eigenvalue weighted by atomic mass is 19.4. The van der Waals surface area contributed by atoms with Gasteiger partial charge in [0, 0.05) is 11.6 Å². The number of alkyl halides is 3. The molecule has 2 rings (SSSR count). The summed E-state index contributed by atoms with van der Waals surface area (Å²) in [6.07, 6.45) is -5.89. The SMILES string of the molecule is O=C(NC(=NCC(O)CO)Nc1cc(C(F)(F)F)[nH]n1)c1ccc(F)cc1. The highest BCUT2D eigenvalue weighted by Crippen LogP contribution is 2.28. The van der Waals surface area contributed by atoms with Crippen molar-refractivity contribution in [1.82, 2.24) is 15.5 Å². The molecule has 1 aromatic heterocycles. The Bertz CT molecular complexity index is 805. The summed E-state index contributed by atoms with van der Waals surface area (Å²) in [4.78, 5) is 16.0. The van der Waals surface area contributed by atoms with Gasteiger partial charge < -0.3 is 15.5 Å². The van der Waals surface area contributed by atoms with Crippen LogP contribution in [0.5, 0.6) is 0 Å². The van der Waals surface area contributed by atoms with Crippen LogP contribution in [0.2, 0.25) is 0 Å². The van der Waals surface area contributed by atoms with E-state index >= 15 is 0 Å². The maximum atomic E-state index is 12.9. The highest BCUT2D eigenvalue weighted by molar-refractivity contribution is 6.09. The summed E-state index contributed by atoms with van der Waals surface area (Å²) in [5, 5.41) is 28.0. The summed E-state index contributed by atoms with van der Waals surface area (Å²) in [7, 11) is 0. The van der Waals surface area contributed by atoms with E-state index in [-0.39, 0.29) is 23.9 Å². The molecule has 0 aliphatic heterocycles. The molecule has 1 aromatic carbocycles. The number of H-pyrrole nitrogens is 1. The fraction of sp³-hybridized carbons (Fsp3) is 0.267. The lowest BCUT2D eigenvalue weighted by Crippen LogP contribution is -2.37. The normalized spacial score (nSPS) is 13.3. The van der Waals surface area contributed by atoms with Crippen molar-refractivity contribution in [2.75, 3.05) is 18.5 Å². The first kappa shape index (κ1) is 20.3. The van der Waals surface area contributed by atoms with Crippen LogP contribution < -0.4 is 10.6 Å². The van der Waals surface area contributed by atoms with Gasteiger partial charge in [0.15, 0.2) is 5.82 Å². The lowest BCUT2D eigenvalue weighted by molar-refractivity contribution is -0.141. The largest absolute Gasteiger partial charge is 0.432 e. The van der Waals surface area contributed by atoms with Gasteiger partial charge in [0.1, 0.15) is 11.5 Å². The molecule has 8 nitrogen and oxygen atoms in total. The number of nitrogens with zero attached hydrogens (tertiary/aromatic N) is 2. The van der Waals surface area contributed by atoms with Crippen molar-refractivity contribution in [2.24, 2.45) is 4.99 Å². The Morgan fingerprint density at radius 3 is 2.52 bits per heavy atom. The van der Waals surface area contributed by atoms with Crippen LogP contribution in [0.15, 0.2) is 35.3 Å². The van der Waals surface area contributed by atoms with Crippen molar-refractivity contribution in [3.63, 3.8) is 0 Å². The minimum atomic E-state index is -4.64. The molecule has 0 bridgehead atoms. The molecule has 27 heavy (non-hydrogen) atoms. The molecular formula is C15H15F4N5O3. The molecule has 0 radical (unpaired) electrons. The van der Waals surface area contributed by atoms with Crippen molar-refractivity contribution >= 4 is 17.7 Å². The Morgan fingerprint density at radius 2 is 1.96 bits per heavy atom. The summed E-state index contributed by atoms with van der Waals surface area (Å²) in [5.41, 5.74) is -1.06. The van der Waals surface area contributed by atoms with Gasteiger partial charge in [0.05, 0.1) is 19.3 Å². The Kier molecular flexibility index (Phi) is 6.47. The van der Waals surface area contributed by atoms with Gasteiger partial charge >= 0.3 is 6.18 Å². The third-order valence-electron chi connectivity index (χ3n) is 3.14. The quantitative estimate of drug-likeness (QED) is 0.298. The third-order valence-corrected chi connectivity index (χ3v) is 3.14. The van der Waals surface area contributed by atoms with E-state index < -0.39 is 36.3 Å². The van der Waals surface area contributed by atoms with Crippen molar-refractivity contribution in [2.45, 2.75) is 12.3 Å². The predicted octanol–water partition coefficient (Wildman–Crippen LogP) is 1.12. The van der Waals surface area contributed by atoms with E-state index in [2.05, 4.69) is 20.7 Å². The smallest absolute Gasteiger partial charge is 0.394 e. The van der Waals surface area contributed by atoms with Crippen LogP contribution in [-0.2, 0) is 6.18 Å². The number of hydrogen-bond donors (Lipinski definition) is 5. The molecule has 0 saturated heterocycles. The molecule has 12 heteroatoms. The molecule has 0 spiro atoms. The van der Waals surface area contributed by atoms with E-state index in [9.17, 15) is 27.5 Å². The van der Waals surface area contributed by atoms with E-state index in [4.69, 9.17) is 5.11 Å². The topological polar surface area (TPSA) is 123 Å². The van der Waals surface area contributed by atoms with Crippen LogP contribution in [0.25, 0.3) is 0 Å². The Balaban J connectivity index is 2.16. The number of rotatable bonds is 5. The maximum absolute atomic E-state index is 12.9. The van der Waals surface area contributed by atoms with Crippen LogP contribution in [0, 0.1) is 5.82 Å². The summed E-state index contributed by atoms with van der Waals surface area (Å²) in [5.74, 6) is -1.90. The lowest BCUT2D eigenvalue weighted by atomic mass is 10.2. The standard InChI is InChI=1S/C15H15F4N5O3/c16-9-3-1-8(2-4-9)13(27)22-14(20-6-10(26)7-25)21-12-5-11(23-24-12)15(17,18)19/h1-5,10,25-26H,6-7H2,(H3,20,21,22,23,24,27). The number of amides is 1. The molecule has 1 atom stereocenters. The number of aliphatic imine (C=N–C) groups is 1. The van der Waals surface area contributed by atoms with Gasteiger partial charge in [-0.3, -0.25) is 15.2 Å². The first-order valence-corrected chi connectivity index (χ1v) is 7.49. The second-order valence-corrected chi connectivity index (χ2v) is 5.28. The van der Waals surface area contributed by atoms with E-state index in [1.165, 1.54) is 12.1 Å². The van der Waals surface area contributed by atoms with Gasteiger partial charge in [-0.2, -0.15) is 18.3 Å². The first-order valence-electron chi connectivity index (χ1n) is 7.49. The van der Waals surface area contributed by atoms with Crippen molar-refractivity contribution in [1.29, 1.82) is 0 Å². The van der Waals surface area contributed by atoms with Gasteiger partial charge in [-0.05, 0) is 24.3 Å². The number of aromatic nitrogens is 2. The fourth-order valence-corrected chi connectivity index (χ4v) is 1.80. The molecule has 1 unspecified atom stereocenters. The van der Waals surface area contributed by atoms with Gasteiger partial charge in [0.25, 0.3) is 5.91 Å². The maximum Gasteiger partial charge on any atom is 0.432 e. The van der Waals surface area contributed by atoms with Crippen molar-refractivity contribution in [3.8, 4) is 0 Å². The Labute approximate surface area is 149 Å². The van der Waals surface area contributed by atoms with Crippen molar-refractivity contribution in [3.05, 3.63) is 47.4 Å². The minimum absolute atomic E-state index is 0.0617. The molecule has 0 aliphatic rings. The summed E-state index contributed by atoms with van der Waals surface area (Å²) < 4.78 is 50.8. The van der Waals surface area contributed by atoms with Crippen LogP contribution in [0.3, 0.4) is 0 Å². The number of carbonyl (C=O) groups is 1. The zero-order chi connectivity index (χ0) is 20.0. The average Bonchev–Trinajstić information content (AvgIpc) is 3.08. The van der Waals surface area contributed by atoms with Gasteiger partial charge in [-0.1, -0.05) is 0 Å². The van der Waals surface area contributed by atoms with Gasteiger partial charge in [0.2, 0.25) is 5.96 Å². The van der Waals surface area contributed by atoms with Gasteiger partial charge in [-0.25, -0.2) is 9.38 Å². The highest BCUT2D eigenvalue weighted by Gasteiger charge is 2.33. The predicted molar refractivity (Wildman–Crippen MR) is 86.5 cm³/mol. The molecule has 0 saturated carbocycles. The number of aliphatic hydroxyl groups is 2. The van der Waals surface area contributed by atoms with Gasteiger partial charge in [-0.15, -0.1) is 0 Å². The molecular weight excluding hydrogens is 374 g/mol. The molecule has 0 aliphatic carbocycles. The second-order valence-electron chi connectivity index (χ2n) is 5.28. The molecule has 2 aromatic rings. The second kappa shape index (κ2) is 8.60. The Hall–Kier alpha value is -2.99. The number of hydrogen-bond acceptors (Lipinski definition) is 5. The number of guanidine groups is 1.